The van der Waals surface area contributed by atoms with Crippen LogP contribution in [-0.4, -0.2) is 61.4 Å². The van der Waals surface area contributed by atoms with Crippen LogP contribution < -0.4 is 5.32 Å². The lowest BCUT2D eigenvalue weighted by atomic mass is 10.2. The van der Waals surface area contributed by atoms with Crippen LogP contribution in [0.4, 0.5) is 9.93 Å². The van der Waals surface area contributed by atoms with Crippen molar-refractivity contribution in [2.75, 3.05) is 32.1 Å². The van der Waals surface area contributed by atoms with Gasteiger partial charge in [-0.15, -0.1) is 0 Å². The molecule has 1 aromatic carbocycles. The second-order valence-corrected chi connectivity index (χ2v) is 10.5. The molecule has 2 amide bonds. The number of fused-ring (bicyclic) bond motifs is 1. The van der Waals surface area contributed by atoms with Gasteiger partial charge in [-0.05, 0) is 37.6 Å². The van der Waals surface area contributed by atoms with Crippen LogP contribution in [0.5, 0.6) is 0 Å². The summed E-state index contributed by atoms with van der Waals surface area (Å²) in [6.45, 7) is 5.46. The van der Waals surface area contributed by atoms with Gasteiger partial charge >= 0.3 is 6.09 Å². The van der Waals surface area contributed by atoms with Gasteiger partial charge in [0.2, 0.25) is 10.0 Å². The third-order valence-electron chi connectivity index (χ3n) is 5.13. The summed E-state index contributed by atoms with van der Waals surface area (Å²) in [6.07, 6.45) is 1.93. The predicted molar refractivity (Wildman–Crippen MR) is 122 cm³/mol. The van der Waals surface area contributed by atoms with E-state index in [9.17, 15) is 18.0 Å². The highest BCUT2D eigenvalue weighted by atomic mass is 32.2. The second-order valence-electron chi connectivity index (χ2n) is 7.42. The number of anilines is 1. The molecule has 1 aliphatic heterocycles. The zero-order valence-electron chi connectivity index (χ0n) is 18.5. The van der Waals surface area contributed by atoms with Gasteiger partial charge in [-0.3, -0.25) is 10.1 Å². The van der Waals surface area contributed by atoms with Gasteiger partial charge in [0, 0.05) is 37.0 Å². The summed E-state index contributed by atoms with van der Waals surface area (Å²) < 4.78 is 31.6. The van der Waals surface area contributed by atoms with Crippen molar-refractivity contribution in [3.8, 4) is 0 Å². The van der Waals surface area contributed by atoms with Crippen LogP contribution in [0.1, 0.15) is 47.6 Å². The van der Waals surface area contributed by atoms with Crippen LogP contribution >= 0.6 is 11.3 Å². The first-order valence-electron chi connectivity index (χ1n) is 10.5. The third-order valence-corrected chi connectivity index (χ3v) is 8.00. The molecule has 9 nitrogen and oxygen atoms in total. The Morgan fingerprint density at radius 1 is 1.25 bits per heavy atom. The number of hydrogen-bond acceptors (Lipinski definition) is 7. The standard InChI is InChI=1S/C21H28N4O5S2/c1-4-6-12-24(3)32(28,29)16-9-7-15(8-10-16)19(26)23-20-22-17-11-13-25(14-18(17)31-20)21(27)30-5-2/h7-10H,4-6,11-14H2,1-3H3,(H,22,23,26). The smallest absolute Gasteiger partial charge is 0.410 e. The quantitative estimate of drug-likeness (QED) is 0.621. The second kappa shape index (κ2) is 10.4. The summed E-state index contributed by atoms with van der Waals surface area (Å²) in [5.41, 5.74) is 1.20. The summed E-state index contributed by atoms with van der Waals surface area (Å²) in [4.78, 5) is 31.7. The molecule has 0 saturated heterocycles. The number of amides is 2. The largest absolute Gasteiger partial charge is 0.450 e. The number of thiazole rings is 1. The SMILES string of the molecule is CCCCN(C)S(=O)(=O)c1ccc(C(=O)Nc2nc3c(s2)CN(C(=O)OCC)CC3)cc1. The molecule has 0 spiro atoms. The van der Waals surface area contributed by atoms with Gasteiger partial charge in [0.1, 0.15) is 0 Å². The van der Waals surface area contributed by atoms with Gasteiger partial charge in [0.05, 0.1) is 23.7 Å². The Labute approximate surface area is 192 Å². The van der Waals surface area contributed by atoms with Crippen molar-refractivity contribution in [3.63, 3.8) is 0 Å². The molecule has 0 aliphatic carbocycles. The maximum absolute atomic E-state index is 12.6. The fourth-order valence-corrected chi connectivity index (χ4v) is 5.48. The van der Waals surface area contributed by atoms with Crippen molar-refractivity contribution in [2.45, 2.75) is 44.6 Å². The fourth-order valence-electron chi connectivity index (χ4n) is 3.25. The number of nitrogens with zero attached hydrogens (tertiary/aromatic N) is 3. The number of nitrogens with one attached hydrogen (secondary N) is 1. The molecule has 1 N–H and O–H groups in total. The van der Waals surface area contributed by atoms with Crippen molar-refractivity contribution in [2.24, 2.45) is 0 Å². The van der Waals surface area contributed by atoms with Crippen LogP contribution in [0.2, 0.25) is 0 Å². The molecule has 2 heterocycles. The van der Waals surface area contributed by atoms with E-state index in [-0.39, 0.29) is 16.9 Å². The van der Waals surface area contributed by atoms with Gasteiger partial charge in [-0.25, -0.2) is 22.5 Å². The number of sulfonamides is 1. The van der Waals surface area contributed by atoms with E-state index in [2.05, 4.69) is 10.3 Å². The Kier molecular flexibility index (Phi) is 7.86. The molecule has 2 aromatic rings. The molecule has 174 valence electrons. The number of ether oxygens (including phenoxy) is 1. The number of carbonyl (C=O) groups is 2. The van der Waals surface area contributed by atoms with E-state index in [1.165, 1.54) is 39.9 Å². The summed E-state index contributed by atoms with van der Waals surface area (Å²) >= 11 is 1.32. The first-order chi connectivity index (χ1) is 15.3. The average Bonchev–Trinajstić information content (AvgIpc) is 3.18. The van der Waals surface area contributed by atoms with Crippen LogP contribution in [0.15, 0.2) is 29.2 Å². The molecule has 0 atom stereocenters. The van der Waals surface area contributed by atoms with Gasteiger partial charge in [0.15, 0.2) is 5.13 Å². The predicted octanol–water partition coefficient (Wildman–Crippen LogP) is 3.33. The molecular weight excluding hydrogens is 452 g/mol. The van der Waals surface area contributed by atoms with E-state index in [0.29, 0.717) is 43.4 Å². The lowest BCUT2D eigenvalue weighted by Crippen LogP contribution is -2.35. The van der Waals surface area contributed by atoms with E-state index in [1.807, 2.05) is 6.92 Å². The van der Waals surface area contributed by atoms with Gasteiger partial charge < -0.3 is 9.64 Å². The molecule has 0 saturated carbocycles. The van der Waals surface area contributed by atoms with Crippen LogP contribution in [-0.2, 0) is 27.7 Å². The van der Waals surface area contributed by atoms with Crippen molar-refractivity contribution in [1.29, 1.82) is 0 Å². The lowest BCUT2D eigenvalue weighted by molar-refractivity contribution is 0.102. The first-order valence-corrected chi connectivity index (χ1v) is 12.8. The highest BCUT2D eigenvalue weighted by molar-refractivity contribution is 7.89. The summed E-state index contributed by atoms with van der Waals surface area (Å²) in [6, 6.07) is 5.87. The highest BCUT2D eigenvalue weighted by Gasteiger charge is 2.26. The van der Waals surface area contributed by atoms with Crippen molar-refractivity contribution in [3.05, 3.63) is 40.4 Å². The fraction of sp³-hybridized carbons (Fsp3) is 0.476. The minimum absolute atomic E-state index is 0.149. The number of benzene rings is 1. The number of unbranched alkanes of at least 4 members (excludes halogenated alkanes) is 1. The maximum Gasteiger partial charge on any atom is 0.410 e. The number of carbonyl (C=O) groups excluding carboxylic acids is 2. The van der Waals surface area contributed by atoms with E-state index in [0.717, 1.165) is 23.4 Å². The Hall–Kier alpha value is -2.50. The number of hydrogen-bond donors (Lipinski definition) is 1. The first kappa shape index (κ1) is 24.1. The average molecular weight is 481 g/mol. The van der Waals surface area contributed by atoms with Crippen molar-refractivity contribution >= 4 is 38.5 Å². The Morgan fingerprint density at radius 2 is 1.97 bits per heavy atom. The summed E-state index contributed by atoms with van der Waals surface area (Å²) in [7, 11) is -2.03. The zero-order chi connectivity index (χ0) is 23.3. The monoisotopic (exact) mass is 480 g/mol. The van der Waals surface area contributed by atoms with Crippen LogP contribution in [0.25, 0.3) is 0 Å². The lowest BCUT2D eigenvalue weighted by Gasteiger charge is -2.24. The molecule has 1 aromatic heterocycles. The Bertz CT molecular complexity index is 1070. The van der Waals surface area contributed by atoms with Crippen LogP contribution in [0, 0.1) is 0 Å². The molecular formula is C21H28N4O5S2. The molecule has 11 heteroatoms. The molecule has 32 heavy (non-hydrogen) atoms. The Morgan fingerprint density at radius 3 is 2.62 bits per heavy atom. The number of rotatable bonds is 8. The van der Waals surface area contributed by atoms with Crippen molar-refractivity contribution < 1.29 is 22.7 Å². The maximum atomic E-state index is 12.6. The van der Waals surface area contributed by atoms with Crippen molar-refractivity contribution in [1.82, 2.24) is 14.2 Å². The third kappa shape index (κ3) is 5.45. The molecule has 0 bridgehead atoms. The highest BCUT2D eigenvalue weighted by Crippen LogP contribution is 2.29. The Balaban J connectivity index is 1.65. The van der Waals surface area contributed by atoms with E-state index in [4.69, 9.17) is 4.74 Å². The molecule has 1 aliphatic rings. The minimum atomic E-state index is -3.58. The van der Waals surface area contributed by atoms with E-state index >= 15 is 0 Å². The molecule has 0 fully saturated rings. The molecule has 0 radical (unpaired) electrons. The molecule has 0 unspecified atom stereocenters. The summed E-state index contributed by atoms with van der Waals surface area (Å²) in [5.74, 6) is -0.373. The minimum Gasteiger partial charge on any atom is -0.450 e. The normalized spacial score (nSPS) is 13.7. The van der Waals surface area contributed by atoms with Gasteiger partial charge in [-0.1, -0.05) is 24.7 Å². The van der Waals surface area contributed by atoms with E-state index in [1.54, 1.807) is 18.9 Å². The van der Waals surface area contributed by atoms with Gasteiger partial charge in [0.25, 0.3) is 5.91 Å². The van der Waals surface area contributed by atoms with E-state index < -0.39 is 10.0 Å². The number of aromatic nitrogens is 1. The molecule has 3 rings (SSSR count). The topological polar surface area (TPSA) is 109 Å². The summed E-state index contributed by atoms with van der Waals surface area (Å²) in [5, 5.41) is 3.21. The van der Waals surface area contributed by atoms with Crippen LogP contribution in [0.3, 0.4) is 0 Å². The van der Waals surface area contributed by atoms with Gasteiger partial charge in [-0.2, -0.15) is 0 Å². The zero-order valence-corrected chi connectivity index (χ0v) is 20.1.